The van der Waals surface area contributed by atoms with Gasteiger partial charge in [-0.2, -0.15) is 15.2 Å². The normalized spacial score (nSPS) is 11.4. The predicted octanol–water partition coefficient (Wildman–Crippen LogP) is 3.73. The molecule has 0 spiro atoms. The Bertz CT molecular complexity index is 1120. The Hall–Kier alpha value is -3.07. The lowest BCUT2D eigenvalue weighted by molar-refractivity contribution is 0.102. The molecule has 9 heteroatoms. The van der Waals surface area contributed by atoms with Crippen LogP contribution in [0.3, 0.4) is 0 Å². The lowest BCUT2D eigenvalue weighted by atomic mass is 10.1. The summed E-state index contributed by atoms with van der Waals surface area (Å²) in [5.74, 6) is 0.0126. The lowest BCUT2D eigenvalue weighted by Crippen LogP contribution is -2.14. The number of aromatic amines is 1. The number of carbonyl (C=O) groups excluding carboxylic acids is 1. The number of rotatable bonds is 4. The Morgan fingerprint density at radius 2 is 2.11 bits per heavy atom. The summed E-state index contributed by atoms with van der Waals surface area (Å²) in [4.78, 5) is 24.1. The molecule has 0 fully saturated rings. The van der Waals surface area contributed by atoms with Crippen molar-refractivity contribution in [3.05, 3.63) is 40.0 Å². The van der Waals surface area contributed by atoms with Gasteiger partial charge in [0.25, 0.3) is 5.91 Å². The van der Waals surface area contributed by atoms with E-state index in [4.69, 9.17) is 4.98 Å². The van der Waals surface area contributed by atoms with E-state index in [0.717, 1.165) is 16.1 Å². The minimum absolute atomic E-state index is 0.126. The van der Waals surface area contributed by atoms with Crippen LogP contribution in [0.2, 0.25) is 0 Å². The number of hydrogen-bond acceptors (Lipinski definition) is 6. The molecule has 0 aliphatic heterocycles. The van der Waals surface area contributed by atoms with E-state index < -0.39 is 0 Å². The number of fused-ring (bicyclic) bond motifs is 1. The van der Waals surface area contributed by atoms with Crippen LogP contribution in [0.4, 0.5) is 5.95 Å². The molecule has 0 unspecified atom stereocenters. The minimum atomic E-state index is -0.284. The smallest absolute Gasteiger partial charge is 0.258 e. The van der Waals surface area contributed by atoms with E-state index in [1.807, 2.05) is 24.6 Å². The van der Waals surface area contributed by atoms with Crippen LogP contribution in [-0.4, -0.2) is 35.9 Å². The topological polar surface area (TPSA) is 101 Å². The summed E-state index contributed by atoms with van der Waals surface area (Å²) in [5, 5.41) is 14.3. The number of aryl methyl sites for hydroxylation is 2. The molecular weight excluding hydrogens is 362 g/mol. The number of aromatic nitrogens is 6. The van der Waals surface area contributed by atoms with E-state index in [2.05, 4.69) is 45.5 Å². The number of pyridine rings is 1. The van der Waals surface area contributed by atoms with Crippen molar-refractivity contribution in [2.45, 2.75) is 33.7 Å². The van der Waals surface area contributed by atoms with Gasteiger partial charge < -0.3 is 0 Å². The first kappa shape index (κ1) is 17.3. The molecule has 0 bridgehead atoms. The average molecular weight is 381 g/mol. The third kappa shape index (κ3) is 3.10. The van der Waals surface area contributed by atoms with Gasteiger partial charge in [-0.3, -0.25) is 10.1 Å². The SMILES string of the molecule is Cc1cc(-c2cc(C(=O)Nc3ncn[nH]3)c3cnn(C(C)C)c3n2)c(C)s1. The molecule has 0 saturated carbocycles. The summed E-state index contributed by atoms with van der Waals surface area (Å²) in [6.07, 6.45) is 3.03. The van der Waals surface area contributed by atoms with Crippen LogP contribution in [0.25, 0.3) is 22.3 Å². The molecule has 0 saturated heterocycles. The number of hydrogen-bond donors (Lipinski definition) is 2. The Labute approximate surface area is 159 Å². The number of amides is 1. The first-order chi connectivity index (χ1) is 12.9. The molecule has 2 N–H and O–H groups in total. The van der Waals surface area contributed by atoms with Gasteiger partial charge in [0.05, 0.1) is 22.8 Å². The predicted molar refractivity (Wildman–Crippen MR) is 105 cm³/mol. The van der Waals surface area contributed by atoms with E-state index in [9.17, 15) is 4.79 Å². The van der Waals surface area contributed by atoms with Gasteiger partial charge >= 0.3 is 0 Å². The van der Waals surface area contributed by atoms with Crippen LogP contribution in [0, 0.1) is 13.8 Å². The molecule has 27 heavy (non-hydrogen) atoms. The molecular formula is C18H19N7OS. The molecule has 4 aromatic rings. The molecule has 0 radical (unpaired) electrons. The monoisotopic (exact) mass is 381 g/mol. The highest BCUT2D eigenvalue weighted by Crippen LogP contribution is 2.32. The van der Waals surface area contributed by atoms with Crippen molar-refractivity contribution >= 4 is 34.2 Å². The summed E-state index contributed by atoms with van der Waals surface area (Å²) in [7, 11) is 0. The van der Waals surface area contributed by atoms with Crippen LogP contribution in [-0.2, 0) is 0 Å². The summed E-state index contributed by atoms with van der Waals surface area (Å²) in [6, 6.07) is 4.04. The fraction of sp³-hybridized carbons (Fsp3) is 0.278. The largest absolute Gasteiger partial charge is 0.291 e. The second-order valence-electron chi connectivity index (χ2n) is 6.59. The molecule has 0 aromatic carbocycles. The van der Waals surface area contributed by atoms with Gasteiger partial charge in [0, 0.05) is 21.4 Å². The molecule has 4 heterocycles. The van der Waals surface area contributed by atoms with Crippen molar-refractivity contribution < 1.29 is 4.79 Å². The highest BCUT2D eigenvalue weighted by atomic mass is 32.1. The average Bonchev–Trinajstić information content (AvgIpc) is 3.33. The van der Waals surface area contributed by atoms with Gasteiger partial charge in [-0.25, -0.2) is 14.8 Å². The first-order valence-corrected chi connectivity index (χ1v) is 9.38. The maximum Gasteiger partial charge on any atom is 0.258 e. The second-order valence-corrected chi connectivity index (χ2v) is 8.05. The summed E-state index contributed by atoms with van der Waals surface area (Å²) >= 11 is 1.71. The van der Waals surface area contributed by atoms with Gasteiger partial charge in [-0.1, -0.05) is 0 Å². The van der Waals surface area contributed by atoms with Gasteiger partial charge in [-0.15, -0.1) is 11.3 Å². The van der Waals surface area contributed by atoms with Crippen LogP contribution in [0.5, 0.6) is 0 Å². The van der Waals surface area contributed by atoms with Crippen LogP contribution in [0.15, 0.2) is 24.7 Å². The van der Waals surface area contributed by atoms with E-state index in [0.29, 0.717) is 22.5 Å². The van der Waals surface area contributed by atoms with Gasteiger partial charge in [0.1, 0.15) is 6.33 Å². The number of anilines is 1. The second kappa shape index (κ2) is 6.58. The molecule has 0 aliphatic rings. The summed E-state index contributed by atoms with van der Waals surface area (Å²) in [5.41, 5.74) is 2.98. The molecule has 1 amide bonds. The summed E-state index contributed by atoms with van der Waals surface area (Å²) < 4.78 is 1.83. The highest BCUT2D eigenvalue weighted by Gasteiger charge is 2.20. The van der Waals surface area contributed by atoms with Crippen molar-refractivity contribution in [2.75, 3.05) is 5.32 Å². The minimum Gasteiger partial charge on any atom is -0.291 e. The third-order valence-corrected chi connectivity index (χ3v) is 5.23. The van der Waals surface area contributed by atoms with Crippen molar-refractivity contribution in [3.63, 3.8) is 0 Å². The van der Waals surface area contributed by atoms with E-state index in [-0.39, 0.29) is 11.9 Å². The Kier molecular flexibility index (Phi) is 4.23. The summed E-state index contributed by atoms with van der Waals surface area (Å²) in [6.45, 7) is 8.20. The van der Waals surface area contributed by atoms with E-state index in [1.54, 1.807) is 17.5 Å². The third-order valence-electron chi connectivity index (χ3n) is 4.26. The number of thiophene rings is 1. The highest BCUT2D eigenvalue weighted by molar-refractivity contribution is 7.12. The van der Waals surface area contributed by atoms with Crippen molar-refractivity contribution in [1.29, 1.82) is 0 Å². The fourth-order valence-electron chi connectivity index (χ4n) is 3.05. The number of carbonyl (C=O) groups is 1. The molecule has 8 nitrogen and oxygen atoms in total. The van der Waals surface area contributed by atoms with Gasteiger partial charge in [0.2, 0.25) is 5.95 Å². The van der Waals surface area contributed by atoms with Crippen molar-refractivity contribution in [3.8, 4) is 11.3 Å². The first-order valence-electron chi connectivity index (χ1n) is 8.56. The standard InChI is InChI=1S/C18H19N7OS/c1-9(2)25-16-14(7-21-25)13(17(26)23-18-19-8-20-24-18)6-15(22-16)12-5-10(3)27-11(12)4/h5-9H,1-4H3,(H2,19,20,23,24,26). The molecule has 4 aromatic heterocycles. The van der Waals surface area contributed by atoms with Gasteiger partial charge in [0.15, 0.2) is 5.65 Å². The number of nitrogens with one attached hydrogen (secondary N) is 2. The lowest BCUT2D eigenvalue weighted by Gasteiger charge is -2.10. The molecule has 4 rings (SSSR count). The van der Waals surface area contributed by atoms with Crippen LogP contribution < -0.4 is 5.32 Å². The van der Waals surface area contributed by atoms with Crippen LogP contribution in [0.1, 0.15) is 40.0 Å². The molecule has 0 aliphatic carbocycles. The van der Waals surface area contributed by atoms with Crippen LogP contribution >= 0.6 is 11.3 Å². The fourth-order valence-corrected chi connectivity index (χ4v) is 3.98. The number of H-pyrrole nitrogens is 1. The van der Waals surface area contributed by atoms with E-state index in [1.165, 1.54) is 11.2 Å². The Morgan fingerprint density at radius 3 is 2.74 bits per heavy atom. The quantitative estimate of drug-likeness (QED) is 0.561. The zero-order valence-corrected chi connectivity index (χ0v) is 16.3. The molecule has 0 atom stereocenters. The van der Waals surface area contributed by atoms with E-state index >= 15 is 0 Å². The number of nitrogens with zero attached hydrogens (tertiary/aromatic N) is 5. The van der Waals surface area contributed by atoms with Crippen molar-refractivity contribution in [2.24, 2.45) is 0 Å². The zero-order chi connectivity index (χ0) is 19.1. The zero-order valence-electron chi connectivity index (χ0n) is 15.4. The van der Waals surface area contributed by atoms with Gasteiger partial charge in [-0.05, 0) is 39.8 Å². The maximum absolute atomic E-state index is 12.9. The molecule has 138 valence electrons. The van der Waals surface area contributed by atoms with Crippen molar-refractivity contribution in [1.82, 2.24) is 29.9 Å². The Balaban J connectivity index is 1.90. The maximum atomic E-state index is 12.9. The Morgan fingerprint density at radius 1 is 1.30 bits per heavy atom.